The second kappa shape index (κ2) is 5.58. The summed E-state index contributed by atoms with van der Waals surface area (Å²) in [6.07, 6.45) is 0.297. The smallest absolute Gasteiger partial charge is 0.241 e. The van der Waals surface area contributed by atoms with Gasteiger partial charge < -0.3 is 15.4 Å². The van der Waals surface area contributed by atoms with Crippen molar-refractivity contribution in [1.29, 1.82) is 0 Å². The van der Waals surface area contributed by atoms with Crippen LogP contribution in [0.4, 0.5) is 18.9 Å². The van der Waals surface area contributed by atoms with Crippen LogP contribution in [0.5, 0.6) is 0 Å². The van der Waals surface area contributed by atoms with Crippen LogP contribution < -0.4 is 10.6 Å². The first-order valence-electron chi connectivity index (χ1n) is 5.73. The van der Waals surface area contributed by atoms with E-state index in [1.807, 2.05) is 0 Å². The minimum absolute atomic E-state index is 0.112. The van der Waals surface area contributed by atoms with E-state index < -0.39 is 35.1 Å². The van der Waals surface area contributed by atoms with Crippen LogP contribution >= 0.6 is 0 Å². The van der Waals surface area contributed by atoms with Crippen LogP contribution in [0.15, 0.2) is 12.1 Å². The fourth-order valence-electron chi connectivity index (χ4n) is 1.95. The van der Waals surface area contributed by atoms with Crippen molar-refractivity contribution in [3.63, 3.8) is 0 Å². The molecule has 1 heterocycles. The SMILES string of the molecule is COC1CNC(C(=O)Nc2c(F)cc(F)cc2F)C1. The molecule has 0 radical (unpaired) electrons. The Balaban J connectivity index is 2.08. The molecule has 19 heavy (non-hydrogen) atoms. The first-order chi connectivity index (χ1) is 9.01. The number of carbonyl (C=O) groups excluding carboxylic acids is 1. The van der Waals surface area contributed by atoms with E-state index in [1.54, 1.807) is 0 Å². The van der Waals surface area contributed by atoms with E-state index in [-0.39, 0.29) is 6.10 Å². The number of hydrogen-bond acceptors (Lipinski definition) is 3. The number of carbonyl (C=O) groups is 1. The molecule has 4 nitrogen and oxygen atoms in total. The summed E-state index contributed by atoms with van der Waals surface area (Å²) in [6, 6.07) is 0.436. The molecular formula is C12H13F3N2O2. The van der Waals surface area contributed by atoms with Crippen molar-refractivity contribution < 1.29 is 22.7 Å². The van der Waals surface area contributed by atoms with E-state index in [9.17, 15) is 18.0 Å². The molecule has 1 fully saturated rings. The summed E-state index contributed by atoms with van der Waals surface area (Å²) in [5.74, 6) is -3.91. The van der Waals surface area contributed by atoms with Crippen molar-refractivity contribution in [1.82, 2.24) is 5.32 Å². The second-order valence-corrected chi connectivity index (χ2v) is 4.29. The third-order valence-corrected chi connectivity index (χ3v) is 3.00. The first kappa shape index (κ1) is 13.8. The number of anilines is 1. The Bertz CT molecular complexity index is 473. The Labute approximate surface area is 107 Å². The largest absolute Gasteiger partial charge is 0.380 e. The summed E-state index contributed by atoms with van der Waals surface area (Å²) >= 11 is 0. The molecule has 7 heteroatoms. The Morgan fingerprint density at radius 3 is 2.53 bits per heavy atom. The third-order valence-electron chi connectivity index (χ3n) is 3.00. The van der Waals surface area contributed by atoms with Crippen LogP contribution in [0, 0.1) is 17.5 Å². The molecule has 0 bridgehead atoms. The van der Waals surface area contributed by atoms with Crippen LogP contribution in [-0.2, 0) is 9.53 Å². The van der Waals surface area contributed by atoms with Crippen molar-refractivity contribution in [3.05, 3.63) is 29.6 Å². The van der Waals surface area contributed by atoms with Crippen molar-refractivity contribution in [2.75, 3.05) is 19.0 Å². The van der Waals surface area contributed by atoms with Gasteiger partial charge in [-0.25, -0.2) is 13.2 Å². The summed E-state index contributed by atoms with van der Waals surface area (Å²) in [6.45, 7) is 0.489. The molecule has 1 amide bonds. The van der Waals surface area contributed by atoms with Crippen LogP contribution in [-0.4, -0.2) is 31.7 Å². The van der Waals surface area contributed by atoms with Crippen molar-refractivity contribution in [2.24, 2.45) is 0 Å². The highest BCUT2D eigenvalue weighted by Crippen LogP contribution is 2.21. The van der Waals surface area contributed by atoms with E-state index in [2.05, 4.69) is 10.6 Å². The molecule has 1 aromatic rings. The average Bonchev–Trinajstić information content (AvgIpc) is 2.82. The number of rotatable bonds is 3. The zero-order valence-electron chi connectivity index (χ0n) is 10.2. The van der Waals surface area contributed by atoms with Crippen LogP contribution in [0.25, 0.3) is 0 Å². The highest BCUT2D eigenvalue weighted by Gasteiger charge is 2.30. The Morgan fingerprint density at radius 2 is 2.00 bits per heavy atom. The average molecular weight is 274 g/mol. The van der Waals surface area contributed by atoms with E-state index in [0.717, 1.165) is 0 Å². The summed E-state index contributed by atoms with van der Waals surface area (Å²) < 4.78 is 44.5. The van der Waals surface area contributed by atoms with Gasteiger partial charge in [-0.1, -0.05) is 0 Å². The van der Waals surface area contributed by atoms with Gasteiger partial charge >= 0.3 is 0 Å². The van der Waals surface area contributed by atoms with Gasteiger partial charge in [-0.3, -0.25) is 4.79 Å². The molecule has 2 rings (SSSR count). The first-order valence-corrected chi connectivity index (χ1v) is 5.73. The minimum Gasteiger partial charge on any atom is -0.380 e. The van der Waals surface area contributed by atoms with Gasteiger partial charge in [-0.15, -0.1) is 0 Å². The van der Waals surface area contributed by atoms with Crippen LogP contribution in [0.3, 0.4) is 0 Å². The topological polar surface area (TPSA) is 50.4 Å². The maximum absolute atomic E-state index is 13.4. The lowest BCUT2D eigenvalue weighted by Gasteiger charge is -2.12. The molecule has 0 saturated carbocycles. The molecule has 0 spiro atoms. The van der Waals surface area contributed by atoms with Crippen molar-refractivity contribution in [2.45, 2.75) is 18.6 Å². The van der Waals surface area contributed by atoms with E-state index >= 15 is 0 Å². The normalized spacial score (nSPS) is 22.5. The lowest BCUT2D eigenvalue weighted by molar-refractivity contribution is -0.118. The lowest BCUT2D eigenvalue weighted by atomic mass is 10.2. The number of halogens is 3. The molecule has 1 aliphatic heterocycles. The quantitative estimate of drug-likeness (QED) is 0.876. The predicted octanol–water partition coefficient (Wildman–Crippen LogP) is 1.42. The van der Waals surface area contributed by atoms with Crippen LogP contribution in [0.2, 0.25) is 0 Å². The number of hydrogen-bond donors (Lipinski definition) is 2. The van der Waals surface area contributed by atoms with Gasteiger partial charge in [0, 0.05) is 25.8 Å². The molecule has 104 valence electrons. The third kappa shape index (κ3) is 3.05. The minimum atomic E-state index is -1.15. The molecule has 1 aliphatic rings. The van der Waals surface area contributed by atoms with Gasteiger partial charge in [0.05, 0.1) is 12.1 Å². The summed E-state index contributed by atoms with van der Waals surface area (Å²) in [5, 5.41) is 4.99. The molecular weight excluding hydrogens is 261 g/mol. The Hall–Kier alpha value is -1.60. The number of ether oxygens (including phenoxy) is 1. The fourth-order valence-corrected chi connectivity index (χ4v) is 1.95. The molecule has 2 unspecified atom stereocenters. The zero-order chi connectivity index (χ0) is 14.0. The number of nitrogens with one attached hydrogen (secondary N) is 2. The van der Waals surface area contributed by atoms with E-state index in [0.29, 0.717) is 25.1 Å². The van der Waals surface area contributed by atoms with Gasteiger partial charge in [0.15, 0.2) is 11.6 Å². The van der Waals surface area contributed by atoms with E-state index in [1.165, 1.54) is 7.11 Å². The van der Waals surface area contributed by atoms with Crippen molar-refractivity contribution in [3.8, 4) is 0 Å². The molecule has 0 aliphatic carbocycles. The van der Waals surface area contributed by atoms with Gasteiger partial charge in [0.2, 0.25) is 5.91 Å². The predicted molar refractivity (Wildman–Crippen MR) is 62.2 cm³/mol. The van der Waals surface area contributed by atoms with E-state index in [4.69, 9.17) is 4.74 Å². The van der Waals surface area contributed by atoms with Gasteiger partial charge in [0.25, 0.3) is 0 Å². The number of amides is 1. The molecule has 0 aromatic heterocycles. The van der Waals surface area contributed by atoms with Crippen molar-refractivity contribution >= 4 is 11.6 Å². The maximum atomic E-state index is 13.4. The number of benzene rings is 1. The zero-order valence-corrected chi connectivity index (χ0v) is 10.2. The molecule has 2 N–H and O–H groups in total. The van der Waals surface area contributed by atoms with Gasteiger partial charge in [-0.05, 0) is 6.42 Å². The highest BCUT2D eigenvalue weighted by atomic mass is 19.1. The number of methoxy groups -OCH3 is 1. The Morgan fingerprint density at radius 1 is 1.37 bits per heavy atom. The fraction of sp³-hybridized carbons (Fsp3) is 0.417. The maximum Gasteiger partial charge on any atom is 0.241 e. The Kier molecular flexibility index (Phi) is 4.06. The molecule has 2 atom stereocenters. The second-order valence-electron chi connectivity index (χ2n) is 4.29. The summed E-state index contributed by atoms with van der Waals surface area (Å²) in [5.41, 5.74) is -0.644. The van der Waals surface area contributed by atoms with Gasteiger partial charge in [-0.2, -0.15) is 0 Å². The monoisotopic (exact) mass is 274 g/mol. The summed E-state index contributed by atoms with van der Waals surface area (Å²) in [7, 11) is 1.52. The van der Waals surface area contributed by atoms with Crippen LogP contribution in [0.1, 0.15) is 6.42 Å². The summed E-state index contributed by atoms with van der Waals surface area (Å²) in [4.78, 5) is 11.8. The molecule has 1 aromatic carbocycles. The van der Waals surface area contributed by atoms with Gasteiger partial charge in [0.1, 0.15) is 11.5 Å². The lowest BCUT2D eigenvalue weighted by Crippen LogP contribution is -2.36. The molecule has 1 saturated heterocycles. The highest BCUT2D eigenvalue weighted by molar-refractivity contribution is 5.95. The standard InChI is InChI=1S/C12H13F3N2O2/c1-19-7-4-10(16-5-7)12(18)17-11-8(14)2-6(13)3-9(11)15/h2-3,7,10,16H,4-5H2,1H3,(H,17,18).